The Bertz CT molecular complexity index is 688. The Labute approximate surface area is 141 Å². The molecule has 6 heteroatoms. The number of hydrogen-bond donors (Lipinski definition) is 0. The highest BCUT2D eigenvalue weighted by molar-refractivity contribution is 6.31. The average Bonchev–Trinajstić information content (AvgIpc) is 2.84. The maximum atomic E-state index is 11.0. The zero-order valence-electron chi connectivity index (χ0n) is 13.6. The lowest BCUT2D eigenvalue weighted by Crippen LogP contribution is -2.45. The molecule has 5 nitrogen and oxygen atoms in total. The van der Waals surface area contributed by atoms with Crippen molar-refractivity contribution in [1.29, 1.82) is 5.26 Å². The number of fused-ring (bicyclic) bond motifs is 2. The number of H-pyrrole nitrogens is 1. The minimum Gasteiger partial charge on any atom is -0.354 e. The van der Waals surface area contributed by atoms with Crippen molar-refractivity contribution in [3.63, 3.8) is 0 Å². The predicted octanol–water partition coefficient (Wildman–Crippen LogP) is 2.53. The van der Waals surface area contributed by atoms with Gasteiger partial charge in [0.1, 0.15) is 11.1 Å². The second kappa shape index (κ2) is 5.47. The van der Waals surface area contributed by atoms with E-state index in [-0.39, 0.29) is 6.10 Å². The van der Waals surface area contributed by atoms with Crippen LogP contribution < -0.4 is 4.98 Å². The molecule has 1 fully saturated rings. The maximum Gasteiger partial charge on any atom is 0.218 e. The number of nitriles is 1. The van der Waals surface area contributed by atoms with Crippen LogP contribution in [0.2, 0.25) is 5.02 Å². The number of carbonyl (C=O) groups excluding carboxylic acids is 1. The van der Waals surface area contributed by atoms with Crippen LogP contribution in [0.1, 0.15) is 49.7 Å². The summed E-state index contributed by atoms with van der Waals surface area (Å²) in [4.78, 5) is 16.2. The third kappa shape index (κ3) is 2.50. The number of aromatic amines is 1. The Hall–Kier alpha value is -1.64. The number of aryl methyl sites for hydroxylation is 1. The molecule has 2 aliphatic heterocycles. The quantitative estimate of drug-likeness (QED) is 0.780. The first kappa shape index (κ1) is 16.2. The predicted molar refractivity (Wildman–Crippen MR) is 84.5 cm³/mol. The van der Waals surface area contributed by atoms with E-state index < -0.39 is 11.0 Å². The Morgan fingerprint density at radius 1 is 1.52 bits per heavy atom. The molecule has 2 aliphatic rings. The van der Waals surface area contributed by atoms with Crippen molar-refractivity contribution in [3.05, 3.63) is 28.0 Å². The Morgan fingerprint density at radius 3 is 2.74 bits per heavy atom. The standard InChI is InChI=1S/C17H20ClN3O2/c1-11-13(18)8-12-14(20-11)17(4-6-21(10-22)7-5-17)23-15(12)16(2,3)9-19/h8,10,15H,4-7H2,1-3H3/p+1. The van der Waals surface area contributed by atoms with Gasteiger partial charge in [0.05, 0.1) is 17.0 Å². The van der Waals surface area contributed by atoms with Gasteiger partial charge in [0.25, 0.3) is 0 Å². The molecule has 0 radical (unpaired) electrons. The van der Waals surface area contributed by atoms with Crippen molar-refractivity contribution >= 4 is 18.0 Å². The first-order valence-corrected chi connectivity index (χ1v) is 8.22. The van der Waals surface area contributed by atoms with Crippen LogP contribution in [0.15, 0.2) is 6.07 Å². The molecule has 1 aromatic rings. The average molecular weight is 335 g/mol. The summed E-state index contributed by atoms with van der Waals surface area (Å²) in [5.74, 6) is 0. The molecule has 1 atom stereocenters. The summed E-state index contributed by atoms with van der Waals surface area (Å²) >= 11 is 6.30. The highest BCUT2D eigenvalue weighted by atomic mass is 35.5. The molecule has 23 heavy (non-hydrogen) atoms. The molecule has 0 aromatic carbocycles. The van der Waals surface area contributed by atoms with E-state index >= 15 is 0 Å². The van der Waals surface area contributed by atoms with E-state index in [2.05, 4.69) is 11.1 Å². The van der Waals surface area contributed by atoms with Gasteiger partial charge in [-0.1, -0.05) is 11.6 Å². The van der Waals surface area contributed by atoms with Crippen molar-refractivity contribution in [2.75, 3.05) is 13.1 Å². The molecule has 1 N–H and O–H groups in total. The van der Waals surface area contributed by atoms with Crippen LogP contribution in [0, 0.1) is 23.7 Å². The van der Waals surface area contributed by atoms with E-state index in [0.29, 0.717) is 31.0 Å². The van der Waals surface area contributed by atoms with Crippen LogP contribution >= 0.6 is 11.6 Å². The molecule has 0 aliphatic carbocycles. The number of hydrogen-bond acceptors (Lipinski definition) is 3. The van der Waals surface area contributed by atoms with Crippen LogP contribution in [0.4, 0.5) is 0 Å². The Kier molecular flexibility index (Phi) is 3.86. The Balaban J connectivity index is 2.08. The lowest BCUT2D eigenvalue weighted by Gasteiger charge is -2.36. The fourth-order valence-electron chi connectivity index (χ4n) is 3.52. The molecule has 1 amide bonds. The summed E-state index contributed by atoms with van der Waals surface area (Å²) < 4.78 is 6.46. The van der Waals surface area contributed by atoms with Crippen LogP contribution in [-0.4, -0.2) is 24.4 Å². The van der Waals surface area contributed by atoms with Crippen LogP contribution in [0.5, 0.6) is 0 Å². The molecular weight excluding hydrogens is 314 g/mol. The molecule has 122 valence electrons. The zero-order valence-corrected chi connectivity index (χ0v) is 14.4. The molecule has 1 saturated heterocycles. The largest absolute Gasteiger partial charge is 0.354 e. The van der Waals surface area contributed by atoms with E-state index in [4.69, 9.17) is 16.3 Å². The third-order valence-electron chi connectivity index (χ3n) is 5.02. The van der Waals surface area contributed by atoms with Crippen molar-refractivity contribution in [3.8, 4) is 6.07 Å². The molecule has 3 heterocycles. The summed E-state index contributed by atoms with van der Waals surface area (Å²) in [6, 6.07) is 4.28. The first-order chi connectivity index (χ1) is 10.8. The number of pyridine rings is 1. The van der Waals surface area contributed by atoms with E-state index in [9.17, 15) is 10.1 Å². The van der Waals surface area contributed by atoms with Crippen molar-refractivity contribution in [2.45, 2.75) is 45.3 Å². The lowest BCUT2D eigenvalue weighted by atomic mass is 9.82. The van der Waals surface area contributed by atoms with Crippen LogP contribution in [0.25, 0.3) is 0 Å². The summed E-state index contributed by atoms with van der Waals surface area (Å²) in [5.41, 5.74) is 1.74. The number of nitrogens with zero attached hydrogens (tertiary/aromatic N) is 2. The molecule has 1 spiro atoms. The van der Waals surface area contributed by atoms with Crippen molar-refractivity contribution < 1.29 is 14.5 Å². The molecule has 0 saturated carbocycles. The zero-order chi connectivity index (χ0) is 16.8. The minimum atomic E-state index is -0.660. The minimum absolute atomic E-state index is 0.334. The van der Waals surface area contributed by atoms with E-state index in [1.807, 2.05) is 26.8 Å². The number of piperidine rings is 1. The van der Waals surface area contributed by atoms with Crippen molar-refractivity contribution in [2.24, 2.45) is 5.41 Å². The van der Waals surface area contributed by atoms with Gasteiger partial charge >= 0.3 is 0 Å². The second-order valence-electron chi connectivity index (χ2n) is 7.04. The Morgan fingerprint density at radius 2 is 2.17 bits per heavy atom. The van der Waals surface area contributed by atoms with Gasteiger partial charge in [-0.05, 0) is 19.9 Å². The fraction of sp³-hybridized carbons (Fsp3) is 0.588. The van der Waals surface area contributed by atoms with Gasteiger partial charge in [-0.15, -0.1) is 0 Å². The molecule has 1 aromatic heterocycles. The smallest absolute Gasteiger partial charge is 0.218 e. The number of likely N-dealkylation sites (tertiary alicyclic amines) is 1. The van der Waals surface area contributed by atoms with E-state index in [1.165, 1.54) is 0 Å². The fourth-order valence-corrected chi connectivity index (χ4v) is 3.69. The van der Waals surface area contributed by atoms with Gasteiger partial charge in [0, 0.05) is 32.9 Å². The van der Waals surface area contributed by atoms with Gasteiger partial charge in [-0.25, -0.2) is 4.98 Å². The number of carbonyl (C=O) groups is 1. The van der Waals surface area contributed by atoms with Gasteiger partial charge in [0.15, 0.2) is 11.3 Å². The number of amides is 1. The summed E-state index contributed by atoms with van der Waals surface area (Å²) in [7, 11) is 0. The molecule has 0 bridgehead atoms. The maximum absolute atomic E-state index is 11.0. The molecule has 3 rings (SSSR count). The van der Waals surface area contributed by atoms with Gasteiger partial charge in [-0.3, -0.25) is 4.79 Å². The highest BCUT2D eigenvalue weighted by Gasteiger charge is 2.55. The lowest BCUT2D eigenvalue weighted by molar-refractivity contribution is -0.416. The number of rotatable bonds is 2. The molecule has 1 unspecified atom stereocenters. The number of aromatic nitrogens is 1. The van der Waals surface area contributed by atoms with Crippen molar-refractivity contribution in [1.82, 2.24) is 4.90 Å². The number of ether oxygens (including phenoxy) is 1. The monoisotopic (exact) mass is 334 g/mol. The topological polar surface area (TPSA) is 67.5 Å². The SMILES string of the molecule is Cc1[nH+]c2c(cc1Cl)C(C(C)(C)C#N)OC21CCN(C=O)CC1. The number of nitrogens with one attached hydrogen (secondary N) is 1. The highest BCUT2D eigenvalue weighted by Crippen LogP contribution is 2.53. The first-order valence-electron chi connectivity index (χ1n) is 7.84. The van der Waals surface area contributed by atoms with Crippen LogP contribution in [-0.2, 0) is 15.1 Å². The normalized spacial score (nSPS) is 22.7. The summed E-state index contributed by atoms with van der Waals surface area (Å²) in [5, 5.41) is 10.2. The number of halogens is 1. The van der Waals surface area contributed by atoms with Gasteiger partial charge < -0.3 is 9.64 Å². The summed E-state index contributed by atoms with van der Waals surface area (Å²) in [6.45, 7) is 7.00. The van der Waals surface area contributed by atoms with E-state index in [0.717, 1.165) is 23.4 Å². The van der Waals surface area contributed by atoms with E-state index in [1.54, 1.807) is 4.90 Å². The second-order valence-corrected chi connectivity index (χ2v) is 7.45. The molecular formula is C17H21ClN3O2+. The van der Waals surface area contributed by atoms with Gasteiger partial charge in [0.2, 0.25) is 12.1 Å². The van der Waals surface area contributed by atoms with Gasteiger partial charge in [-0.2, -0.15) is 5.26 Å². The summed E-state index contributed by atoms with van der Waals surface area (Å²) in [6.07, 6.45) is 1.98. The third-order valence-corrected chi connectivity index (χ3v) is 5.41. The van der Waals surface area contributed by atoms with Crippen LogP contribution in [0.3, 0.4) is 0 Å².